The topological polar surface area (TPSA) is 12.0 Å². The molecule has 0 fully saturated rings. The first-order valence-electron chi connectivity index (χ1n) is 5.80. The Morgan fingerprint density at radius 2 is 2.06 bits per heavy atom. The summed E-state index contributed by atoms with van der Waals surface area (Å²) in [6.07, 6.45) is 4.57. The molecule has 2 heteroatoms. The van der Waals surface area contributed by atoms with Gasteiger partial charge in [0.05, 0.1) is 0 Å². The molecule has 0 radical (unpaired) electrons. The molecule has 1 N–H and O–H groups in total. The van der Waals surface area contributed by atoms with Crippen LogP contribution in [-0.2, 0) is 0 Å². The molecule has 0 aliphatic heterocycles. The first-order valence-corrected chi connectivity index (χ1v) is 5.80. The lowest BCUT2D eigenvalue weighted by Gasteiger charge is -2.25. The third kappa shape index (κ3) is 6.57. The Bertz CT molecular complexity index is 264. The van der Waals surface area contributed by atoms with Crippen LogP contribution in [0.25, 0.3) is 0 Å². The molecule has 0 spiro atoms. The fourth-order valence-electron chi connectivity index (χ4n) is 1.55. The average molecular weight is 225 g/mol. The molecular formula is C14H24FN. The fraction of sp³-hybridized carbons (Fsp3) is 0.571. The number of nitrogens with one attached hydrogen (secondary N) is 1. The normalized spacial score (nSPS) is 12.6. The van der Waals surface area contributed by atoms with E-state index < -0.39 is 0 Å². The number of hydrogen-bond acceptors (Lipinski definition) is 1. The summed E-state index contributed by atoms with van der Waals surface area (Å²) >= 11 is 0. The zero-order valence-corrected chi connectivity index (χ0v) is 10.8. The maximum atomic E-state index is 13.4. The lowest BCUT2D eigenvalue weighted by atomic mass is 9.85. The van der Waals surface area contributed by atoms with Gasteiger partial charge in [-0.1, -0.05) is 40.0 Å². The molecule has 0 heterocycles. The fourth-order valence-corrected chi connectivity index (χ4v) is 1.55. The molecule has 0 aromatic carbocycles. The number of rotatable bonds is 8. The van der Waals surface area contributed by atoms with Gasteiger partial charge in [0.25, 0.3) is 0 Å². The van der Waals surface area contributed by atoms with Crippen LogP contribution in [0.5, 0.6) is 0 Å². The van der Waals surface area contributed by atoms with Crippen LogP contribution in [0.3, 0.4) is 0 Å². The molecule has 0 aromatic rings. The second kappa shape index (κ2) is 7.39. The molecule has 0 aromatic heterocycles. The van der Waals surface area contributed by atoms with Gasteiger partial charge in [0.2, 0.25) is 0 Å². The average Bonchev–Trinajstić information content (AvgIpc) is 2.17. The SMILES string of the molecule is C=C/C=C(/F)C(=C)CC(C)(C)CNCCC. The molecule has 16 heavy (non-hydrogen) atoms. The van der Waals surface area contributed by atoms with E-state index >= 15 is 0 Å². The highest BCUT2D eigenvalue weighted by atomic mass is 19.1. The van der Waals surface area contributed by atoms with E-state index in [0.29, 0.717) is 12.0 Å². The van der Waals surface area contributed by atoms with Crippen LogP contribution < -0.4 is 5.32 Å². The van der Waals surface area contributed by atoms with Crippen molar-refractivity contribution in [3.05, 3.63) is 36.7 Å². The zero-order chi connectivity index (χ0) is 12.6. The Balaban J connectivity index is 4.19. The summed E-state index contributed by atoms with van der Waals surface area (Å²) in [5, 5.41) is 3.35. The largest absolute Gasteiger partial charge is 0.316 e. The van der Waals surface area contributed by atoms with Gasteiger partial charge in [-0.2, -0.15) is 0 Å². The molecule has 0 amide bonds. The molecule has 0 unspecified atom stereocenters. The first-order chi connectivity index (χ1) is 7.43. The smallest absolute Gasteiger partial charge is 0.125 e. The second-order valence-electron chi connectivity index (χ2n) is 4.87. The maximum Gasteiger partial charge on any atom is 0.125 e. The van der Waals surface area contributed by atoms with Crippen LogP contribution >= 0.6 is 0 Å². The van der Waals surface area contributed by atoms with Crippen molar-refractivity contribution in [3.8, 4) is 0 Å². The van der Waals surface area contributed by atoms with Gasteiger partial charge in [0, 0.05) is 6.54 Å². The first kappa shape index (κ1) is 15.1. The standard InChI is InChI=1S/C14H24FN/c1-6-8-13(15)12(3)10-14(4,5)11-16-9-7-2/h6,8,16H,1,3,7,9-11H2,2,4-5H3/b13-8+. The minimum Gasteiger partial charge on any atom is -0.316 e. The van der Waals surface area contributed by atoms with Crippen molar-refractivity contribution in [1.29, 1.82) is 0 Å². The van der Waals surface area contributed by atoms with Crippen LogP contribution in [0.15, 0.2) is 36.7 Å². The second-order valence-corrected chi connectivity index (χ2v) is 4.87. The van der Waals surface area contributed by atoms with E-state index in [9.17, 15) is 4.39 Å². The molecule has 0 atom stereocenters. The lowest BCUT2D eigenvalue weighted by molar-refractivity contribution is 0.336. The van der Waals surface area contributed by atoms with Gasteiger partial charge >= 0.3 is 0 Å². The van der Waals surface area contributed by atoms with Crippen LogP contribution in [0.4, 0.5) is 4.39 Å². The molecular weight excluding hydrogens is 201 g/mol. The summed E-state index contributed by atoms with van der Waals surface area (Å²) in [5.41, 5.74) is 0.571. The minimum atomic E-state index is -0.265. The Morgan fingerprint density at radius 1 is 1.44 bits per heavy atom. The van der Waals surface area contributed by atoms with Crippen molar-refractivity contribution in [1.82, 2.24) is 5.32 Å². The van der Waals surface area contributed by atoms with Crippen molar-refractivity contribution in [3.63, 3.8) is 0 Å². The van der Waals surface area contributed by atoms with Gasteiger partial charge in [-0.25, -0.2) is 4.39 Å². The van der Waals surface area contributed by atoms with E-state index in [4.69, 9.17) is 0 Å². The Morgan fingerprint density at radius 3 is 2.56 bits per heavy atom. The van der Waals surface area contributed by atoms with Gasteiger partial charge in [-0.3, -0.25) is 0 Å². The molecule has 0 saturated heterocycles. The molecule has 0 rings (SSSR count). The summed E-state index contributed by atoms with van der Waals surface area (Å²) in [6, 6.07) is 0. The molecule has 0 aliphatic rings. The van der Waals surface area contributed by atoms with Gasteiger partial charge in [0.1, 0.15) is 5.83 Å². The third-order valence-corrected chi connectivity index (χ3v) is 2.32. The summed E-state index contributed by atoms with van der Waals surface area (Å²) in [4.78, 5) is 0. The third-order valence-electron chi connectivity index (χ3n) is 2.32. The van der Waals surface area contributed by atoms with Crippen LogP contribution in [0.1, 0.15) is 33.6 Å². The quantitative estimate of drug-likeness (QED) is 0.486. The van der Waals surface area contributed by atoms with Crippen LogP contribution in [0, 0.1) is 5.41 Å². The summed E-state index contributed by atoms with van der Waals surface area (Å²) in [6.45, 7) is 15.5. The molecule has 1 nitrogen and oxygen atoms in total. The van der Waals surface area contributed by atoms with Gasteiger partial charge < -0.3 is 5.32 Å². The van der Waals surface area contributed by atoms with Crippen LogP contribution in [0.2, 0.25) is 0 Å². The summed E-state index contributed by atoms with van der Waals surface area (Å²) in [7, 11) is 0. The number of allylic oxidation sites excluding steroid dienone is 4. The van der Waals surface area contributed by atoms with E-state index in [1.54, 1.807) is 0 Å². The summed E-state index contributed by atoms with van der Waals surface area (Å²) < 4.78 is 13.4. The van der Waals surface area contributed by atoms with Crippen molar-refractivity contribution in [2.45, 2.75) is 33.6 Å². The highest BCUT2D eigenvalue weighted by Crippen LogP contribution is 2.27. The maximum absolute atomic E-state index is 13.4. The van der Waals surface area contributed by atoms with E-state index in [-0.39, 0.29) is 11.2 Å². The van der Waals surface area contributed by atoms with E-state index in [0.717, 1.165) is 19.5 Å². The van der Waals surface area contributed by atoms with Crippen molar-refractivity contribution < 1.29 is 4.39 Å². The van der Waals surface area contributed by atoms with E-state index in [1.165, 1.54) is 12.2 Å². The van der Waals surface area contributed by atoms with Crippen molar-refractivity contribution in [2.24, 2.45) is 5.41 Å². The molecule has 0 aliphatic carbocycles. The Hall–Kier alpha value is -0.890. The monoisotopic (exact) mass is 225 g/mol. The molecule has 0 saturated carbocycles. The molecule has 92 valence electrons. The predicted octanol–water partition coefficient (Wildman–Crippen LogP) is 4.00. The van der Waals surface area contributed by atoms with Gasteiger partial charge in [-0.05, 0) is 36.5 Å². The van der Waals surface area contributed by atoms with E-state index in [2.05, 4.69) is 39.2 Å². The Labute approximate surface area is 99.1 Å². The summed E-state index contributed by atoms with van der Waals surface area (Å²) in [5.74, 6) is -0.265. The highest BCUT2D eigenvalue weighted by Gasteiger charge is 2.19. The predicted molar refractivity (Wildman–Crippen MR) is 70.1 cm³/mol. The highest BCUT2D eigenvalue weighted by molar-refractivity contribution is 5.26. The zero-order valence-electron chi connectivity index (χ0n) is 10.8. The lowest BCUT2D eigenvalue weighted by Crippen LogP contribution is -2.30. The minimum absolute atomic E-state index is 0.0264. The molecule has 0 bridgehead atoms. The van der Waals surface area contributed by atoms with Gasteiger partial charge in [-0.15, -0.1) is 0 Å². The number of hydrogen-bond donors (Lipinski definition) is 1. The van der Waals surface area contributed by atoms with Crippen molar-refractivity contribution in [2.75, 3.05) is 13.1 Å². The Kier molecular flexibility index (Phi) is 6.98. The van der Waals surface area contributed by atoms with E-state index in [1.807, 2.05) is 0 Å². The van der Waals surface area contributed by atoms with Gasteiger partial charge in [0.15, 0.2) is 0 Å². The number of halogens is 1. The van der Waals surface area contributed by atoms with Crippen LogP contribution in [-0.4, -0.2) is 13.1 Å². The van der Waals surface area contributed by atoms with Crippen molar-refractivity contribution >= 4 is 0 Å².